The second-order valence-corrected chi connectivity index (χ2v) is 22.4. The summed E-state index contributed by atoms with van der Waals surface area (Å²) in [4.78, 5) is 31.3. The number of carbonyl (C=O) groups is 2. The number of dihydropyridines is 2. The molecule has 2 saturated carbocycles. The number of hydrogen-bond donors (Lipinski definition) is 9. The Bertz CT molecular complexity index is 2670. The first-order valence-corrected chi connectivity index (χ1v) is 25.6. The van der Waals surface area contributed by atoms with E-state index in [-0.39, 0.29) is 72.3 Å². The zero-order valence-electron chi connectivity index (χ0n) is 36.2. The van der Waals surface area contributed by atoms with Gasteiger partial charge in [-0.2, -0.15) is 0 Å². The lowest BCUT2D eigenvalue weighted by Crippen LogP contribution is -2.70. The highest BCUT2D eigenvalue weighted by Gasteiger charge is 2.69. The summed E-state index contributed by atoms with van der Waals surface area (Å²) in [6, 6.07) is 12.0. The zero-order valence-corrected chi connectivity index (χ0v) is 37.9. The summed E-state index contributed by atoms with van der Waals surface area (Å²) < 4.78 is 12.7. The standard InChI is InChI=1S/C51H54N2O11S2/c54-15-3-8-37-51-33(18-26(19-36(51)57)17-24-4-1-5-25(16-24)21-55)42(58)30-6-2-7-34(39(30)44(51)60)63-48-45(61)50(62,43(59)35(22-56)64-48)23-49-28-10-9-27-20-52-46-40(41(27)49)38-29(32(49)14-11-28)12-13-31(38)47(53-46)66-65-37/h1-2,4-7,12,16,18-19,28,32-33,35,37,43,45,47-48,52-57,59,61-62H,3,8-11,13-15,17,20-23H2/t28-,32-,33+,35+,37-,43+,45-,47+,48+,49-,50-,51-/m0/s1. The van der Waals surface area contributed by atoms with Crippen molar-refractivity contribution in [2.24, 2.45) is 28.6 Å². The Balaban J connectivity index is 1.06. The predicted octanol–water partition coefficient (Wildman–Crippen LogP) is 4.75. The van der Waals surface area contributed by atoms with Gasteiger partial charge < -0.3 is 55.9 Å². The number of allylic oxidation sites excluding steroid dienone is 9. The molecule has 15 heteroatoms. The molecule has 6 heterocycles. The molecule has 12 atom stereocenters. The summed E-state index contributed by atoms with van der Waals surface area (Å²) >= 11 is 0. The predicted molar refractivity (Wildman–Crippen MR) is 246 cm³/mol. The third-order valence-electron chi connectivity index (χ3n) is 16.8. The minimum atomic E-state index is -2.26. The maximum Gasteiger partial charge on any atom is 0.229 e. The van der Waals surface area contributed by atoms with Gasteiger partial charge in [0.05, 0.1) is 24.7 Å². The van der Waals surface area contributed by atoms with Crippen molar-refractivity contribution in [3.05, 3.63) is 134 Å². The number of aliphatic hydroxyl groups excluding tert-OH is 6. The molecule has 14 rings (SSSR count). The van der Waals surface area contributed by atoms with Crippen LogP contribution in [0.4, 0.5) is 0 Å². The van der Waals surface area contributed by atoms with E-state index < -0.39 is 70.4 Å². The molecule has 12 aliphatic rings. The van der Waals surface area contributed by atoms with Gasteiger partial charge in [0.1, 0.15) is 52.0 Å². The van der Waals surface area contributed by atoms with Crippen LogP contribution in [0.1, 0.15) is 83.2 Å². The maximum atomic E-state index is 16.0. The lowest BCUT2D eigenvalue weighted by atomic mass is 9.49. The van der Waals surface area contributed by atoms with Crippen molar-refractivity contribution in [2.75, 3.05) is 19.8 Å². The minimum absolute atomic E-state index is 0.00725. The van der Waals surface area contributed by atoms with Crippen molar-refractivity contribution in [3.63, 3.8) is 0 Å². The number of nitrogens with one attached hydrogen (secondary N) is 2. The first-order chi connectivity index (χ1) is 32.0. The Morgan fingerprint density at radius 2 is 1.79 bits per heavy atom. The van der Waals surface area contributed by atoms with Crippen molar-refractivity contribution in [3.8, 4) is 5.75 Å². The van der Waals surface area contributed by atoms with E-state index in [1.54, 1.807) is 35.1 Å². The van der Waals surface area contributed by atoms with E-state index in [9.17, 15) is 35.7 Å². The summed E-state index contributed by atoms with van der Waals surface area (Å²) in [5.41, 5.74) is 4.41. The minimum Gasteiger partial charge on any atom is -0.511 e. The Kier molecular flexibility index (Phi) is 10.3. The first kappa shape index (κ1) is 43.1. The molecule has 0 amide bonds. The molecule has 2 aromatic rings. The number of carbonyl (C=O) groups excluding carboxylic acids is 2. The molecule has 9 N–H and O–H groups in total. The molecular formula is C51H54N2O11S2. The van der Waals surface area contributed by atoms with Gasteiger partial charge in [-0.25, -0.2) is 0 Å². The highest BCUT2D eigenvalue weighted by Crippen LogP contribution is 2.72. The lowest BCUT2D eigenvalue weighted by Gasteiger charge is -2.59. The van der Waals surface area contributed by atoms with Crippen LogP contribution in [0.5, 0.6) is 5.75 Å². The van der Waals surface area contributed by atoms with Gasteiger partial charge in [0.2, 0.25) is 6.29 Å². The average molecular weight is 935 g/mol. The summed E-state index contributed by atoms with van der Waals surface area (Å²) in [6.45, 7) is -0.459. The van der Waals surface area contributed by atoms with Crippen LogP contribution in [-0.2, 0) is 17.8 Å². The van der Waals surface area contributed by atoms with Crippen LogP contribution in [-0.4, -0.2) is 108 Å². The quantitative estimate of drug-likeness (QED) is 0.171. The Morgan fingerprint density at radius 3 is 2.61 bits per heavy atom. The van der Waals surface area contributed by atoms with Gasteiger partial charge in [-0.15, -0.1) is 0 Å². The van der Waals surface area contributed by atoms with Gasteiger partial charge in [-0.1, -0.05) is 70.1 Å². The van der Waals surface area contributed by atoms with Crippen molar-refractivity contribution >= 4 is 33.2 Å². The maximum absolute atomic E-state index is 16.0. The van der Waals surface area contributed by atoms with Crippen molar-refractivity contribution in [1.29, 1.82) is 0 Å². The molecule has 3 fully saturated rings. The first-order valence-electron chi connectivity index (χ1n) is 23.4. The fourth-order valence-electron chi connectivity index (χ4n) is 14.0. The molecule has 0 unspecified atom stereocenters. The van der Waals surface area contributed by atoms with Crippen molar-refractivity contribution in [1.82, 2.24) is 10.6 Å². The molecule has 2 spiro atoms. The van der Waals surface area contributed by atoms with Crippen LogP contribution in [0.2, 0.25) is 0 Å². The molecule has 13 nitrogen and oxygen atoms in total. The molecular weight excluding hydrogens is 881 g/mol. The highest BCUT2D eigenvalue weighted by molar-refractivity contribution is 8.77. The van der Waals surface area contributed by atoms with Crippen LogP contribution in [0, 0.1) is 28.6 Å². The van der Waals surface area contributed by atoms with Crippen LogP contribution in [0.15, 0.2) is 111 Å². The van der Waals surface area contributed by atoms with Gasteiger partial charge in [-0.3, -0.25) is 9.59 Å². The molecule has 6 aliphatic heterocycles. The van der Waals surface area contributed by atoms with Crippen LogP contribution in [0.25, 0.3) is 0 Å². The molecule has 346 valence electrons. The Labute approximate surface area is 389 Å². The zero-order chi connectivity index (χ0) is 45.4. The Hall–Kier alpha value is -4.16. The Morgan fingerprint density at radius 1 is 0.955 bits per heavy atom. The highest BCUT2D eigenvalue weighted by atomic mass is 33.1. The van der Waals surface area contributed by atoms with E-state index in [2.05, 4.69) is 16.7 Å². The third-order valence-corrected chi connectivity index (χ3v) is 20.0. The van der Waals surface area contributed by atoms with Gasteiger partial charge in [0.15, 0.2) is 11.6 Å². The summed E-state index contributed by atoms with van der Waals surface area (Å²) in [6.07, 6.45) is 4.02. The molecule has 12 bridgehead atoms. The molecule has 6 aliphatic carbocycles. The lowest BCUT2D eigenvalue weighted by molar-refractivity contribution is -0.321. The number of aliphatic hydroxyl groups is 7. The largest absolute Gasteiger partial charge is 0.511 e. The molecule has 66 heavy (non-hydrogen) atoms. The van der Waals surface area contributed by atoms with Crippen molar-refractivity contribution < 1.29 is 54.8 Å². The molecule has 1 saturated heterocycles. The fraction of sp³-hybridized carbons (Fsp3) is 0.490. The summed E-state index contributed by atoms with van der Waals surface area (Å²) in [7, 11) is 2.99. The normalized spacial score (nSPS) is 38.2. The fourth-order valence-corrected chi connectivity index (χ4v) is 17.5. The number of rotatable bonds is 7. The van der Waals surface area contributed by atoms with E-state index in [4.69, 9.17) is 9.47 Å². The number of ketones is 2. The van der Waals surface area contributed by atoms with Crippen LogP contribution >= 0.6 is 21.6 Å². The van der Waals surface area contributed by atoms with E-state index in [0.29, 0.717) is 30.5 Å². The monoisotopic (exact) mass is 934 g/mol. The van der Waals surface area contributed by atoms with E-state index >= 15 is 9.59 Å². The van der Waals surface area contributed by atoms with Crippen LogP contribution < -0.4 is 15.4 Å². The molecule has 2 aromatic carbocycles. The third kappa shape index (κ3) is 5.81. The van der Waals surface area contributed by atoms with Gasteiger partial charge >= 0.3 is 0 Å². The topological polar surface area (TPSA) is 218 Å². The van der Waals surface area contributed by atoms with Gasteiger partial charge in [0, 0.05) is 35.0 Å². The second kappa shape index (κ2) is 15.7. The molecule has 0 radical (unpaired) electrons. The van der Waals surface area contributed by atoms with Crippen molar-refractivity contribution in [2.45, 2.75) is 105 Å². The second-order valence-electron chi connectivity index (χ2n) is 19.9. The van der Waals surface area contributed by atoms with E-state index in [0.717, 1.165) is 42.6 Å². The SMILES string of the molecule is O=C1c2cccc3c2C(=O)[C@@]2(C(O)=CC(Cc4cccc(CO)c4)=C[C@H]12)[C@H](CCCO)SS[C@H]1NC2=C4C5=C1CC=C5[C@@H]1CC[C@@H]5CCC(=C4[C@@]51C[C@]1(O)[C@H](O)[C@@H](CO)O[C@@H](O3)[C@@H]1O)CN2. The van der Waals surface area contributed by atoms with E-state index in [1.807, 2.05) is 24.3 Å². The average Bonchev–Trinajstić information content (AvgIpc) is 3.93. The number of benzene rings is 2. The number of Topliss-reactive ketones (excluding diaryl/α,β-unsaturated/α-hetero) is 2. The summed E-state index contributed by atoms with van der Waals surface area (Å²) in [5, 5.41) is 88.2. The number of hydrogen-bond acceptors (Lipinski definition) is 15. The summed E-state index contributed by atoms with van der Waals surface area (Å²) in [5.74, 6) is -1.59. The number of ether oxygens (including phenoxy) is 2. The van der Waals surface area contributed by atoms with Gasteiger partial charge in [0.25, 0.3) is 0 Å². The smallest absolute Gasteiger partial charge is 0.229 e. The van der Waals surface area contributed by atoms with Gasteiger partial charge in [-0.05, 0) is 126 Å². The van der Waals surface area contributed by atoms with Crippen LogP contribution in [0.3, 0.4) is 0 Å². The molecule has 0 aromatic heterocycles. The van der Waals surface area contributed by atoms with E-state index in [1.165, 1.54) is 44.7 Å².